The summed E-state index contributed by atoms with van der Waals surface area (Å²) < 4.78 is 11.9. The van der Waals surface area contributed by atoms with E-state index in [9.17, 15) is 0 Å². The highest BCUT2D eigenvalue weighted by Crippen LogP contribution is 2.34. The fourth-order valence-corrected chi connectivity index (χ4v) is 3.43. The van der Waals surface area contributed by atoms with E-state index >= 15 is 0 Å². The van der Waals surface area contributed by atoms with E-state index in [0.717, 1.165) is 56.0 Å². The zero-order valence-electron chi connectivity index (χ0n) is 18.3. The standard InChI is InChI=1S/C24H35ClN2O2/c1-5-27(6-2)14-10-13-26-17-21-15-23(28-7-3)24(16-22(21)25)29-18-20-12-9-8-11-19(20)4/h8-9,11-12,15-16,26H,5-7,10,13-14,17-18H2,1-4H3. The largest absolute Gasteiger partial charge is 0.490 e. The maximum Gasteiger partial charge on any atom is 0.163 e. The van der Waals surface area contributed by atoms with Gasteiger partial charge in [-0.1, -0.05) is 49.7 Å². The Kier molecular flexibility index (Phi) is 10.3. The molecule has 0 saturated carbocycles. The molecule has 0 fully saturated rings. The minimum atomic E-state index is 0.492. The van der Waals surface area contributed by atoms with Crippen LogP contribution in [0.3, 0.4) is 0 Å². The van der Waals surface area contributed by atoms with Gasteiger partial charge in [0.05, 0.1) is 6.61 Å². The van der Waals surface area contributed by atoms with Crippen molar-refractivity contribution in [3.8, 4) is 11.5 Å². The van der Waals surface area contributed by atoms with Gasteiger partial charge in [0.25, 0.3) is 0 Å². The van der Waals surface area contributed by atoms with Crippen LogP contribution in [0.2, 0.25) is 5.02 Å². The van der Waals surface area contributed by atoms with Crippen LogP contribution in [0.25, 0.3) is 0 Å². The SMILES string of the molecule is CCOc1cc(CNCCCN(CC)CC)c(Cl)cc1OCc1ccccc1C. The van der Waals surface area contributed by atoms with Gasteiger partial charge < -0.3 is 19.7 Å². The Morgan fingerprint density at radius 3 is 2.38 bits per heavy atom. The minimum absolute atomic E-state index is 0.492. The molecule has 1 N–H and O–H groups in total. The van der Waals surface area contributed by atoms with Crippen LogP contribution < -0.4 is 14.8 Å². The number of halogens is 1. The van der Waals surface area contributed by atoms with Crippen LogP contribution in [0, 0.1) is 6.92 Å². The summed E-state index contributed by atoms with van der Waals surface area (Å²) in [5, 5.41) is 4.19. The highest BCUT2D eigenvalue weighted by atomic mass is 35.5. The number of ether oxygens (including phenoxy) is 2. The van der Waals surface area contributed by atoms with Crippen molar-refractivity contribution in [3.05, 3.63) is 58.1 Å². The number of benzene rings is 2. The van der Waals surface area contributed by atoms with Gasteiger partial charge in [0, 0.05) is 17.6 Å². The number of aryl methyl sites for hydroxylation is 1. The monoisotopic (exact) mass is 418 g/mol. The number of hydrogen-bond acceptors (Lipinski definition) is 4. The molecule has 0 aliphatic rings. The molecule has 0 unspecified atom stereocenters. The normalized spacial score (nSPS) is 11.1. The summed E-state index contributed by atoms with van der Waals surface area (Å²) in [6, 6.07) is 12.1. The summed E-state index contributed by atoms with van der Waals surface area (Å²) in [4.78, 5) is 2.43. The van der Waals surface area contributed by atoms with Gasteiger partial charge in [0.2, 0.25) is 0 Å². The molecule has 0 aromatic heterocycles. The molecule has 160 valence electrons. The molecule has 0 bridgehead atoms. The Bertz CT molecular complexity index is 748. The molecule has 0 saturated heterocycles. The van der Waals surface area contributed by atoms with Gasteiger partial charge in [-0.25, -0.2) is 0 Å². The van der Waals surface area contributed by atoms with Gasteiger partial charge in [-0.3, -0.25) is 0 Å². The Morgan fingerprint density at radius 2 is 1.69 bits per heavy atom. The summed E-state index contributed by atoms with van der Waals surface area (Å²) >= 11 is 6.54. The number of nitrogens with one attached hydrogen (secondary N) is 1. The predicted octanol–water partition coefficient (Wildman–Crippen LogP) is 5.45. The first-order valence-electron chi connectivity index (χ1n) is 10.6. The van der Waals surface area contributed by atoms with Crippen LogP contribution in [-0.4, -0.2) is 37.7 Å². The Hall–Kier alpha value is -1.75. The lowest BCUT2D eigenvalue weighted by Gasteiger charge is -2.18. The van der Waals surface area contributed by atoms with Crippen molar-refractivity contribution < 1.29 is 9.47 Å². The molecular weight excluding hydrogens is 384 g/mol. The molecule has 2 aromatic carbocycles. The molecule has 0 aliphatic carbocycles. The van der Waals surface area contributed by atoms with Crippen molar-refractivity contribution in [1.82, 2.24) is 10.2 Å². The Labute approximate surface area is 181 Å². The first-order valence-corrected chi connectivity index (χ1v) is 11.0. The molecule has 4 nitrogen and oxygen atoms in total. The predicted molar refractivity (Wildman–Crippen MR) is 122 cm³/mol. The highest BCUT2D eigenvalue weighted by Gasteiger charge is 2.12. The van der Waals surface area contributed by atoms with Crippen molar-refractivity contribution in [1.29, 1.82) is 0 Å². The summed E-state index contributed by atoms with van der Waals surface area (Å²) in [6.07, 6.45) is 1.12. The molecule has 0 radical (unpaired) electrons. The van der Waals surface area contributed by atoms with Crippen LogP contribution >= 0.6 is 11.6 Å². The van der Waals surface area contributed by atoms with Crippen LogP contribution in [0.15, 0.2) is 36.4 Å². The molecule has 29 heavy (non-hydrogen) atoms. The van der Waals surface area contributed by atoms with E-state index < -0.39 is 0 Å². The maximum atomic E-state index is 6.54. The molecule has 2 aromatic rings. The fourth-order valence-electron chi connectivity index (χ4n) is 3.21. The molecule has 5 heteroatoms. The summed E-state index contributed by atoms with van der Waals surface area (Å²) in [7, 11) is 0. The lowest BCUT2D eigenvalue weighted by atomic mass is 10.1. The zero-order chi connectivity index (χ0) is 21.1. The van der Waals surface area contributed by atoms with Crippen molar-refractivity contribution >= 4 is 11.6 Å². The van der Waals surface area contributed by atoms with Crippen LogP contribution in [-0.2, 0) is 13.2 Å². The molecular formula is C24H35ClN2O2. The van der Waals surface area contributed by atoms with Crippen LogP contribution in [0.1, 0.15) is 43.9 Å². The van der Waals surface area contributed by atoms with Gasteiger partial charge in [0.1, 0.15) is 6.61 Å². The van der Waals surface area contributed by atoms with Gasteiger partial charge in [-0.05, 0) is 69.2 Å². The molecule has 2 rings (SSSR count). The van der Waals surface area contributed by atoms with E-state index in [1.165, 1.54) is 5.56 Å². The van der Waals surface area contributed by atoms with Gasteiger partial charge in [-0.15, -0.1) is 0 Å². The van der Waals surface area contributed by atoms with Crippen molar-refractivity contribution in [2.45, 2.75) is 47.3 Å². The first-order chi connectivity index (χ1) is 14.1. The third-order valence-electron chi connectivity index (χ3n) is 5.09. The molecule has 0 aliphatic heterocycles. The van der Waals surface area contributed by atoms with E-state index in [4.69, 9.17) is 21.1 Å². The van der Waals surface area contributed by atoms with Crippen LogP contribution in [0.5, 0.6) is 11.5 Å². The first kappa shape index (κ1) is 23.5. The van der Waals surface area contributed by atoms with Crippen molar-refractivity contribution in [2.24, 2.45) is 0 Å². The number of rotatable bonds is 13. The summed E-state index contributed by atoms with van der Waals surface area (Å²) in [5.41, 5.74) is 3.40. The Morgan fingerprint density at radius 1 is 0.966 bits per heavy atom. The lowest BCUT2D eigenvalue weighted by Crippen LogP contribution is -2.27. The van der Waals surface area contributed by atoms with Crippen molar-refractivity contribution in [3.63, 3.8) is 0 Å². The van der Waals surface area contributed by atoms with Crippen LogP contribution in [0.4, 0.5) is 0 Å². The smallest absolute Gasteiger partial charge is 0.163 e. The number of hydrogen-bond donors (Lipinski definition) is 1. The molecule has 0 amide bonds. The average Bonchev–Trinajstić information content (AvgIpc) is 2.72. The quantitative estimate of drug-likeness (QED) is 0.438. The molecule has 0 heterocycles. The third kappa shape index (κ3) is 7.54. The molecule has 0 atom stereocenters. The maximum absolute atomic E-state index is 6.54. The highest BCUT2D eigenvalue weighted by molar-refractivity contribution is 6.31. The number of nitrogens with zero attached hydrogens (tertiary/aromatic N) is 1. The van der Waals surface area contributed by atoms with E-state index in [1.54, 1.807) is 0 Å². The van der Waals surface area contributed by atoms with Crippen molar-refractivity contribution in [2.75, 3.05) is 32.8 Å². The second-order valence-corrected chi connectivity index (χ2v) is 7.50. The van der Waals surface area contributed by atoms with E-state index in [0.29, 0.717) is 24.0 Å². The summed E-state index contributed by atoms with van der Waals surface area (Å²) in [6.45, 7) is 14.5. The third-order valence-corrected chi connectivity index (χ3v) is 5.45. The second kappa shape index (κ2) is 12.7. The van der Waals surface area contributed by atoms with E-state index in [-0.39, 0.29) is 0 Å². The average molecular weight is 419 g/mol. The zero-order valence-corrected chi connectivity index (χ0v) is 19.0. The van der Waals surface area contributed by atoms with Gasteiger partial charge in [0.15, 0.2) is 11.5 Å². The van der Waals surface area contributed by atoms with E-state index in [1.807, 2.05) is 31.2 Å². The minimum Gasteiger partial charge on any atom is -0.490 e. The van der Waals surface area contributed by atoms with Gasteiger partial charge >= 0.3 is 0 Å². The topological polar surface area (TPSA) is 33.7 Å². The van der Waals surface area contributed by atoms with Gasteiger partial charge in [-0.2, -0.15) is 0 Å². The lowest BCUT2D eigenvalue weighted by molar-refractivity contribution is 0.268. The van der Waals surface area contributed by atoms with E-state index in [2.05, 4.69) is 43.1 Å². The fraction of sp³-hybridized carbons (Fsp3) is 0.500. The summed E-state index contributed by atoms with van der Waals surface area (Å²) in [5.74, 6) is 1.43. The Balaban J connectivity index is 1.96. The molecule has 0 spiro atoms. The second-order valence-electron chi connectivity index (χ2n) is 7.10.